The number of carbonyl (C=O) groups excluding carboxylic acids is 1. The van der Waals surface area contributed by atoms with Crippen LogP contribution in [0.2, 0.25) is 0 Å². The molecule has 0 aromatic heterocycles. The van der Waals surface area contributed by atoms with Crippen molar-refractivity contribution in [1.82, 2.24) is 0 Å². The Morgan fingerprint density at radius 1 is 0.667 bits per heavy atom. The lowest BCUT2D eigenvalue weighted by molar-refractivity contribution is -0.474. The molecule has 0 aliphatic rings. The second kappa shape index (κ2) is 10.2. The smallest absolute Gasteiger partial charge is 0.462 e. The van der Waals surface area contributed by atoms with E-state index in [2.05, 4.69) is 16.1 Å². The Morgan fingerprint density at radius 3 is 1.46 bits per heavy atom. The van der Waals surface area contributed by atoms with Crippen molar-refractivity contribution in [3.63, 3.8) is 0 Å². The average molecular weight is 610 g/mol. The maximum atomic E-state index is 13.9. The first-order chi connectivity index (χ1) is 17.2. The van der Waals surface area contributed by atoms with Crippen molar-refractivity contribution in [3.05, 3.63) is 42.5 Å². The van der Waals surface area contributed by atoms with Crippen molar-refractivity contribution in [2.24, 2.45) is 0 Å². The number of ether oxygens (including phenoxy) is 2. The number of halogens is 17. The van der Waals surface area contributed by atoms with E-state index in [1.165, 1.54) is 0 Å². The molecule has 0 fully saturated rings. The van der Waals surface area contributed by atoms with Crippen LogP contribution in [-0.4, -0.2) is 60.4 Å². The van der Waals surface area contributed by atoms with Crippen molar-refractivity contribution in [1.29, 1.82) is 0 Å². The van der Waals surface area contributed by atoms with Gasteiger partial charge < -0.3 is 9.47 Å². The number of carbonyl (C=O) groups is 1. The molecule has 0 radical (unpaired) electrons. The maximum absolute atomic E-state index is 13.9. The second-order valence-corrected chi connectivity index (χ2v) is 7.34. The lowest BCUT2D eigenvalue weighted by Crippen LogP contribution is -2.77. The van der Waals surface area contributed by atoms with Gasteiger partial charge in [-0.25, -0.2) is 9.18 Å². The van der Waals surface area contributed by atoms with Crippen molar-refractivity contribution in [2.45, 2.75) is 54.2 Å². The van der Waals surface area contributed by atoms with Crippen LogP contribution < -0.4 is 4.74 Å². The Bertz CT molecular complexity index is 1010. The van der Waals surface area contributed by atoms with Gasteiger partial charge in [-0.3, -0.25) is 0 Å². The second-order valence-electron chi connectivity index (χ2n) is 7.34. The minimum absolute atomic E-state index is 0.0457. The molecule has 1 rings (SSSR count). The molecule has 0 bridgehead atoms. The van der Waals surface area contributed by atoms with E-state index in [9.17, 15) is 79.4 Å². The molecule has 224 valence electrons. The number of rotatable bonds is 11. The van der Waals surface area contributed by atoms with Crippen LogP contribution in [0.5, 0.6) is 5.75 Å². The fourth-order valence-electron chi connectivity index (χ4n) is 2.57. The van der Waals surface area contributed by atoms with Crippen molar-refractivity contribution in [2.75, 3.05) is 6.61 Å². The van der Waals surface area contributed by atoms with Gasteiger partial charge in [-0.2, -0.15) is 70.2 Å². The molecule has 0 heterocycles. The van der Waals surface area contributed by atoms with Gasteiger partial charge in [-0.05, 0) is 17.7 Å². The molecule has 39 heavy (non-hydrogen) atoms. The molecule has 20 heteroatoms. The summed E-state index contributed by atoms with van der Waals surface area (Å²) >= 11 is 0. The lowest BCUT2D eigenvalue weighted by Gasteiger charge is -2.43. The van der Waals surface area contributed by atoms with Crippen LogP contribution in [0, 0.1) is 0 Å². The van der Waals surface area contributed by atoms with Gasteiger partial charge >= 0.3 is 53.8 Å². The summed E-state index contributed by atoms with van der Waals surface area (Å²) in [7, 11) is 0. The quantitative estimate of drug-likeness (QED) is 0.150. The molecule has 0 N–H and O–H groups in total. The third-order valence-electron chi connectivity index (χ3n) is 4.73. The topological polar surface area (TPSA) is 35.5 Å². The predicted octanol–water partition coefficient (Wildman–Crippen LogP) is 7.30. The molecule has 0 saturated carbocycles. The normalized spacial score (nSPS) is 14.7. The van der Waals surface area contributed by atoms with E-state index in [1.807, 2.05) is 0 Å². The molecule has 0 aliphatic heterocycles. The van der Waals surface area contributed by atoms with Gasteiger partial charge in [0.1, 0.15) is 5.75 Å². The van der Waals surface area contributed by atoms with Gasteiger partial charge in [0.05, 0.1) is 6.61 Å². The zero-order valence-corrected chi connectivity index (χ0v) is 18.2. The molecule has 1 aromatic carbocycles. The Labute approximate surface area is 205 Å². The number of benzene rings is 1. The highest BCUT2D eigenvalue weighted by molar-refractivity contribution is 5.81. The van der Waals surface area contributed by atoms with Crippen LogP contribution in [0.4, 0.5) is 74.6 Å². The van der Waals surface area contributed by atoms with Crippen LogP contribution in [0.1, 0.15) is 5.56 Å². The summed E-state index contributed by atoms with van der Waals surface area (Å²) in [4.78, 5) is 10.9. The van der Waals surface area contributed by atoms with Gasteiger partial charge in [-0.1, -0.05) is 18.7 Å². The predicted molar refractivity (Wildman–Crippen MR) is 92.6 cm³/mol. The molecule has 0 saturated heterocycles. The van der Waals surface area contributed by atoms with Crippen LogP contribution in [0.15, 0.2) is 36.9 Å². The van der Waals surface area contributed by atoms with E-state index in [-0.39, 0.29) is 30.7 Å². The molecular formula is C19H11F17O3. The fourth-order valence-corrected chi connectivity index (χ4v) is 2.57. The standard InChI is InChI=1S/C19H11F17O3/c1-2-11(37)38-8-7-9-3-5-10(6-4-9)39-19(35,36)16(27,28)15(25,26)14(23,24)13(21,22)12(20,17(29,30)31)18(32,33)34/h2-6H,1,7-8H2. The van der Waals surface area contributed by atoms with E-state index in [4.69, 9.17) is 0 Å². The summed E-state index contributed by atoms with van der Waals surface area (Å²) < 4.78 is 234. The largest absolute Gasteiger partial charge is 0.471 e. The summed E-state index contributed by atoms with van der Waals surface area (Å²) in [5.74, 6) is -36.6. The van der Waals surface area contributed by atoms with Gasteiger partial charge in [0.25, 0.3) is 0 Å². The molecule has 0 amide bonds. The van der Waals surface area contributed by atoms with Crippen molar-refractivity contribution >= 4 is 5.97 Å². The number of hydrogen-bond acceptors (Lipinski definition) is 3. The molecule has 3 nitrogen and oxygen atoms in total. The Hall–Kier alpha value is -2.96. The summed E-state index contributed by atoms with van der Waals surface area (Å²) in [6.07, 6.45) is -22.9. The number of alkyl halides is 17. The average Bonchev–Trinajstić information content (AvgIpc) is 2.77. The van der Waals surface area contributed by atoms with Crippen LogP contribution in [-0.2, 0) is 16.0 Å². The minimum Gasteiger partial charge on any atom is -0.462 e. The Morgan fingerprint density at radius 2 is 1.08 bits per heavy atom. The molecular weight excluding hydrogens is 599 g/mol. The highest BCUT2D eigenvalue weighted by Gasteiger charge is 2.97. The molecule has 0 atom stereocenters. The highest BCUT2D eigenvalue weighted by Crippen LogP contribution is 2.65. The van der Waals surface area contributed by atoms with Crippen LogP contribution >= 0.6 is 0 Å². The maximum Gasteiger partial charge on any atom is 0.471 e. The van der Waals surface area contributed by atoms with Gasteiger partial charge in [-0.15, -0.1) is 0 Å². The molecule has 0 spiro atoms. The third-order valence-corrected chi connectivity index (χ3v) is 4.73. The number of esters is 1. The monoisotopic (exact) mass is 610 g/mol. The van der Waals surface area contributed by atoms with Gasteiger partial charge in [0, 0.05) is 12.5 Å². The zero-order valence-electron chi connectivity index (χ0n) is 18.2. The summed E-state index contributed by atoms with van der Waals surface area (Å²) in [6, 6.07) is 1.99. The first-order valence-electron chi connectivity index (χ1n) is 9.44. The highest BCUT2D eigenvalue weighted by atomic mass is 19.4. The van der Waals surface area contributed by atoms with E-state index in [1.54, 1.807) is 0 Å². The van der Waals surface area contributed by atoms with Crippen LogP contribution in [0.25, 0.3) is 0 Å². The number of hydrogen-bond donors (Lipinski definition) is 0. The Kier molecular flexibility index (Phi) is 8.92. The minimum atomic E-state index is -8.84. The van der Waals surface area contributed by atoms with E-state index in [0.29, 0.717) is 0 Å². The summed E-state index contributed by atoms with van der Waals surface area (Å²) in [5.41, 5.74) is -8.56. The van der Waals surface area contributed by atoms with Crippen molar-refractivity contribution in [3.8, 4) is 5.75 Å². The van der Waals surface area contributed by atoms with E-state index in [0.717, 1.165) is 18.2 Å². The van der Waals surface area contributed by atoms with Gasteiger partial charge in [0.15, 0.2) is 0 Å². The first-order valence-corrected chi connectivity index (χ1v) is 9.44. The van der Waals surface area contributed by atoms with E-state index < -0.39 is 59.5 Å². The first kappa shape index (κ1) is 34.1. The lowest BCUT2D eigenvalue weighted by atomic mass is 9.85. The van der Waals surface area contributed by atoms with Gasteiger partial charge in [0.2, 0.25) is 0 Å². The summed E-state index contributed by atoms with van der Waals surface area (Å²) in [5, 5.41) is 0. The molecule has 0 unspecified atom stereocenters. The SMILES string of the molecule is C=CC(=O)OCCc1ccc(OC(F)(F)C(F)(F)C(F)(F)C(F)(F)C(F)(F)C(F)(C(F)(F)F)C(F)(F)F)cc1. The van der Waals surface area contributed by atoms with Crippen LogP contribution in [0.3, 0.4) is 0 Å². The molecule has 1 aromatic rings. The van der Waals surface area contributed by atoms with E-state index >= 15 is 0 Å². The van der Waals surface area contributed by atoms with Crippen molar-refractivity contribution < 1.29 is 88.9 Å². The fraction of sp³-hybridized carbons (Fsp3) is 0.526. The molecule has 0 aliphatic carbocycles. The zero-order chi connectivity index (χ0) is 31.1. The Balaban J connectivity index is 3.40. The summed E-state index contributed by atoms with van der Waals surface area (Å²) in [6.45, 7) is 2.67. The third kappa shape index (κ3) is 5.55.